The van der Waals surface area contributed by atoms with Crippen LogP contribution in [-0.2, 0) is 17.4 Å². The molecule has 13 heavy (non-hydrogen) atoms. The van der Waals surface area contributed by atoms with Crippen LogP contribution in [0.1, 0.15) is 25.2 Å². The minimum atomic E-state index is -0.544. The summed E-state index contributed by atoms with van der Waals surface area (Å²) in [5.41, 5.74) is 1.29. The van der Waals surface area contributed by atoms with Crippen LogP contribution in [0.4, 0.5) is 0 Å². The minimum Gasteiger partial charge on any atom is -0.270 e. The molecule has 0 spiro atoms. The van der Waals surface area contributed by atoms with Gasteiger partial charge in [0.1, 0.15) is 5.54 Å². The number of carbonyl (C=O) groups excluding carboxylic acids is 1. The molecule has 1 aromatic rings. The van der Waals surface area contributed by atoms with Crippen LogP contribution in [0.15, 0.2) is 11.1 Å². The highest BCUT2D eigenvalue weighted by Gasteiger charge is 2.23. The van der Waals surface area contributed by atoms with Gasteiger partial charge in [-0.25, -0.2) is 4.79 Å². The maximum Gasteiger partial charge on any atom is 0.235 e. The Balaban J connectivity index is 3.20. The highest BCUT2D eigenvalue weighted by molar-refractivity contribution is 5.36. The van der Waals surface area contributed by atoms with Crippen molar-refractivity contribution in [1.29, 1.82) is 0 Å². The van der Waals surface area contributed by atoms with Gasteiger partial charge in [-0.1, -0.05) is 0 Å². The first kappa shape index (κ1) is 9.68. The van der Waals surface area contributed by atoms with E-state index in [2.05, 4.69) is 10.1 Å². The zero-order valence-electron chi connectivity index (χ0n) is 8.33. The van der Waals surface area contributed by atoms with Crippen LogP contribution in [-0.4, -0.2) is 15.9 Å². The lowest BCUT2D eigenvalue weighted by molar-refractivity contribution is 0.486. The van der Waals surface area contributed by atoms with Crippen LogP contribution in [0.2, 0.25) is 0 Å². The van der Waals surface area contributed by atoms with Crippen molar-refractivity contribution < 1.29 is 4.79 Å². The SMILES string of the molecule is Cc1cc(C(C)(C)N=C=O)n(C)n1. The van der Waals surface area contributed by atoms with Crippen molar-refractivity contribution in [2.24, 2.45) is 12.0 Å². The average molecular weight is 179 g/mol. The first-order chi connectivity index (χ1) is 5.97. The Hall–Kier alpha value is -1.41. The van der Waals surface area contributed by atoms with E-state index in [1.807, 2.05) is 33.9 Å². The normalized spacial score (nSPS) is 11.1. The van der Waals surface area contributed by atoms with Crippen molar-refractivity contribution in [2.45, 2.75) is 26.3 Å². The van der Waals surface area contributed by atoms with Crippen LogP contribution in [0, 0.1) is 6.92 Å². The molecule has 4 nitrogen and oxygen atoms in total. The van der Waals surface area contributed by atoms with Crippen molar-refractivity contribution in [2.75, 3.05) is 0 Å². The van der Waals surface area contributed by atoms with Gasteiger partial charge in [0.15, 0.2) is 0 Å². The topological polar surface area (TPSA) is 47.2 Å². The van der Waals surface area contributed by atoms with E-state index in [1.54, 1.807) is 10.8 Å². The summed E-state index contributed by atoms with van der Waals surface area (Å²) >= 11 is 0. The Morgan fingerprint density at radius 3 is 2.62 bits per heavy atom. The van der Waals surface area contributed by atoms with Crippen molar-refractivity contribution in [3.8, 4) is 0 Å². The molecule has 0 aliphatic rings. The number of aromatic nitrogens is 2. The number of isocyanates is 1. The second-order valence-electron chi connectivity index (χ2n) is 3.56. The van der Waals surface area contributed by atoms with E-state index in [0.29, 0.717) is 0 Å². The van der Waals surface area contributed by atoms with Crippen LogP contribution in [0.3, 0.4) is 0 Å². The molecule has 0 bridgehead atoms. The summed E-state index contributed by atoms with van der Waals surface area (Å²) in [6.07, 6.45) is 1.58. The molecule has 4 heteroatoms. The minimum absolute atomic E-state index is 0.544. The van der Waals surface area contributed by atoms with Gasteiger partial charge in [0.2, 0.25) is 6.08 Å². The number of rotatable bonds is 2. The van der Waals surface area contributed by atoms with Gasteiger partial charge in [0.05, 0.1) is 11.4 Å². The van der Waals surface area contributed by atoms with Crippen molar-refractivity contribution >= 4 is 6.08 Å². The molecule has 1 aromatic heterocycles. The summed E-state index contributed by atoms with van der Waals surface area (Å²) in [5.74, 6) is 0. The van der Waals surface area contributed by atoms with E-state index >= 15 is 0 Å². The van der Waals surface area contributed by atoms with Gasteiger partial charge in [0, 0.05) is 7.05 Å². The van der Waals surface area contributed by atoms with Gasteiger partial charge in [-0.05, 0) is 26.8 Å². The van der Waals surface area contributed by atoms with Crippen LogP contribution in [0.25, 0.3) is 0 Å². The summed E-state index contributed by atoms with van der Waals surface area (Å²) in [6, 6.07) is 1.92. The van der Waals surface area contributed by atoms with E-state index in [0.717, 1.165) is 11.4 Å². The molecule has 0 unspecified atom stereocenters. The first-order valence-electron chi connectivity index (χ1n) is 4.07. The first-order valence-corrected chi connectivity index (χ1v) is 4.07. The molecule has 0 saturated carbocycles. The fourth-order valence-electron chi connectivity index (χ4n) is 1.35. The number of aliphatic imine (C=N–C) groups is 1. The van der Waals surface area contributed by atoms with E-state index in [4.69, 9.17) is 0 Å². The Kier molecular flexibility index (Phi) is 2.34. The Morgan fingerprint density at radius 1 is 1.62 bits per heavy atom. The second kappa shape index (κ2) is 3.15. The molecule has 0 aliphatic heterocycles. The van der Waals surface area contributed by atoms with Crippen LogP contribution in [0.5, 0.6) is 0 Å². The molecule has 0 amide bonds. The average Bonchev–Trinajstić information content (AvgIpc) is 2.30. The number of hydrogen-bond donors (Lipinski definition) is 0. The monoisotopic (exact) mass is 179 g/mol. The highest BCUT2D eigenvalue weighted by Crippen LogP contribution is 2.23. The van der Waals surface area contributed by atoms with Crippen LogP contribution >= 0.6 is 0 Å². The Morgan fingerprint density at radius 2 is 2.23 bits per heavy atom. The predicted molar refractivity (Wildman–Crippen MR) is 49.1 cm³/mol. The Bertz CT molecular complexity index is 359. The maximum absolute atomic E-state index is 10.2. The molecule has 0 fully saturated rings. The van der Waals surface area contributed by atoms with Gasteiger partial charge >= 0.3 is 0 Å². The standard InChI is InChI=1S/C9H13N3O/c1-7-5-8(12(4)11-7)9(2,3)10-6-13/h5H,1-4H3. The molecular weight excluding hydrogens is 166 g/mol. The van der Waals surface area contributed by atoms with E-state index in [1.165, 1.54) is 0 Å². The molecule has 0 aromatic carbocycles. The molecule has 0 N–H and O–H groups in total. The Labute approximate surface area is 77.3 Å². The molecular formula is C9H13N3O. The summed E-state index contributed by atoms with van der Waals surface area (Å²) < 4.78 is 1.73. The smallest absolute Gasteiger partial charge is 0.235 e. The molecule has 0 aliphatic carbocycles. The van der Waals surface area contributed by atoms with Crippen molar-refractivity contribution in [3.05, 3.63) is 17.5 Å². The van der Waals surface area contributed by atoms with Gasteiger partial charge in [-0.2, -0.15) is 10.1 Å². The predicted octanol–water partition coefficient (Wildman–Crippen LogP) is 1.30. The summed E-state index contributed by atoms with van der Waals surface area (Å²) in [7, 11) is 1.84. The quantitative estimate of drug-likeness (QED) is 0.507. The fraction of sp³-hybridized carbons (Fsp3) is 0.556. The van der Waals surface area contributed by atoms with Gasteiger partial charge in [0.25, 0.3) is 0 Å². The zero-order chi connectivity index (χ0) is 10.1. The lowest BCUT2D eigenvalue weighted by Crippen LogP contribution is -2.18. The lowest BCUT2D eigenvalue weighted by Gasteiger charge is -2.16. The van der Waals surface area contributed by atoms with Gasteiger partial charge in [-0.3, -0.25) is 4.68 Å². The number of hydrogen-bond acceptors (Lipinski definition) is 3. The van der Waals surface area contributed by atoms with E-state index in [9.17, 15) is 4.79 Å². The third-order valence-electron chi connectivity index (χ3n) is 1.95. The third kappa shape index (κ3) is 1.84. The van der Waals surface area contributed by atoms with Gasteiger partial charge in [-0.15, -0.1) is 0 Å². The lowest BCUT2D eigenvalue weighted by atomic mass is 10.0. The molecule has 0 radical (unpaired) electrons. The van der Waals surface area contributed by atoms with Gasteiger partial charge < -0.3 is 0 Å². The van der Waals surface area contributed by atoms with Crippen molar-refractivity contribution in [3.63, 3.8) is 0 Å². The molecule has 1 rings (SSSR count). The van der Waals surface area contributed by atoms with Crippen molar-refractivity contribution in [1.82, 2.24) is 9.78 Å². The largest absolute Gasteiger partial charge is 0.270 e. The number of nitrogens with zero attached hydrogens (tertiary/aromatic N) is 3. The molecule has 0 saturated heterocycles. The maximum atomic E-state index is 10.2. The van der Waals surface area contributed by atoms with E-state index < -0.39 is 5.54 Å². The highest BCUT2D eigenvalue weighted by atomic mass is 16.1. The molecule has 1 heterocycles. The fourth-order valence-corrected chi connectivity index (χ4v) is 1.35. The third-order valence-corrected chi connectivity index (χ3v) is 1.95. The van der Waals surface area contributed by atoms with E-state index in [-0.39, 0.29) is 0 Å². The summed E-state index contributed by atoms with van der Waals surface area (Å²) in [5, 5.41) is 4.19. The zero-order valence-corrected chi connectivity index (χ0v) is 8.33. The number of aryl methyl sites for hydroxylation is 2. The summed E-state index contributed by atoms with van der Waals surface area (Å²) in [4.78, 5) is 13.9. The summed E-state index contributed by atoms with van der Waals surface area (Å²) in [6.45, 7) is 5.62. The second-order valence-corrected chi connectivity index (χ2v) is 3.56. The molecule has 0 atom stereocenters. The molecule has 70 valence electrons. The van der Waals surface area contributed by atoms with Crippen LogP contribution < -0.4 is 0 Å².